The van der Waals surface area contributed by atoms with Gasteiger partial charge >= 0.3 is 6.09 Å². The standard InChI is InChI=1S/C32H41N3O4S/c1-8-35(30(37)27(17-18-40-7)34-31(38)39-32(4,5)6)28(25-14-13-21(2)22(3)19-25)29(36)33-26-16-15-23-11-9-10-12-24(23)20-26/h9-16,19-20,27-28H,8,17-18H2,1-7H3,(H,33,36)(H,34,38). The fourth-order valence-corrected chi connectivity index (χ4v) is 4.97. The molecule has 8 heteroatoms. The molecule has 0 fully saturated rings. The number of likely N-dealkylation sites (N-methyl/N-ethyl adjacent to an activating group) is 1. The molecule has 0 radical (unpaired) electrons. The Kier molecular flexibility index (Phi) is 10.6. The Morgan fingerprint density at radius 3 is 2.27 bits per heavy atom. The van der Waals surface area contributed by atoms with Crippen LogP contribution in [0.4, 0.5) is 10.5 Å². The number of rotatable bonds is 10. The molecule has 0 saturated carbocycles. The van der Waals surface area contributed by atoms with E-state index < -0.39 is 23.8 Å². The summed E-state index contributed by atoms with van der Waals surface area (Å²) >= 11 is 1.58. The number of carbonyl (C=O) groups is 3. The average Bonchev–Trinajstić information content (AvgIpc) is 2.89. The second-order valence-corrected chi connectivity index (χ2v) is 11.9. The van der Waals surface area contributed by atoms with Gasteiger partial charge in [0, 0.05) is 12.2 Å². The average molecular weight is 564 g/mol. The van der Waals surface area contributed by atoms with E-state index in [1.165, 1.54) is 0 Å². The van der Waals surface area contributed by atoms with Gasteiger partial charge in [0.05, 0.1) is 0 Å². The number of nitrogens with zero attached hydrogens (tertiary/aromatic N) is 1. The normalized spacial score (nSPS) is 12.9. The largest absolute Gasteiger partial charge is 0.444 e. The van der Waals surface area contributed by atoms with Crippen LogP contribution < -0.4 is 10.6 Å². The van der Waals surface area contributed by atoms with Crippen molar-refractivity contribution in [1.82, 2.24) is 10.2 Å². The molecule has 2 unspecified atom stereocenters. The maximum Gasteiger partial charge on any atom is 0.408 e. The summed E-state index contributed by atoms with van der Waals surface area (Å²) in [5.74, 6) is -0.00429. The van der Waals surface area contributed by atoms with E-state index in [9.17, 15) is 14.4 Å². The van der Waals surface area contributed by atoms with Gasteiger partial charge in [-0.05, 0) is 99.6 Å². The van der Waals surface area contributed by atoms with Crippen molar-refractivity contribution in [3.8, 4) is 0 Å². The van der Waals surface area contributed by atoms with Crippen molar-refractivity contribution >= 4 is 46.1 Å². The van der Waals surface area contributed by atoms with E-state index in [0.29, 0.717) is 23.4 Å². The zero-order valence-electron chi connectivity index (χ0n) is 24.5. The number of benzene rings is 3. The highest BCUT2D eigenvalue weighted by Gasteiger charge is 2.35. The minimum atomic E-state index is -0.902. The summed E-state index contributed by atoms with van der Waals surface area (Å²) in [6.45, 7) is 11.4. The van der Waals surface area contributed by atoms with Crippen molar-refractivity contribution in [1.29, 1.82) is 0 Å². The van der Waals surface area contributed by atoms with Crippen molar-refractivity contribution < 1.29 is 19.1 Å². The van der Waals surface area contributed by atoms with E-state index in [4.69, 9.17) is 4.74 Å². The molecule has 0 bridgehead atoms. The highest BCUT2D eigenvalue weighted by atomic mass is 32.2. The molecule has 3 rings (SSSR count). The van der Waals surface area contributed by atoms with Crippen LogP contribution in [0.25, 0.3) is 10.8 Å². The first kappa shape index (κ1) is 31.0. The number of fused-ring (bicyclic) bond motifs is 1. The van der Waals surface area contributed by atoms with E-state index in [1.54, 1.807) is 37.4 Å². The molecule has 0 aliphatic heterocycles. The molecular formula is C32H41N3O4S. The first-order chi connectivity index (χ1) is 18.9. The molecule has 0 aliphatic rings. The molecule has 0 spiro atoms. The number of ether oxygens (including phenoxy) is 1. The van der Waals surface area contributed by atoms with Crippen LogP contribution in [-0.2, 0) is 14.3 Å². The Labute approximate surface area is 242 Å². The lowest BCUT2D eigenvalue weighted by molar-refractivity contribution is -0.140. The van der Waals surface area contributed by atoms with Gasteiger partial charge in [-0.1, -0.05) is 48.5 Å². The summed E-state index contributed by atoms with van der Waals surface area (Å²) in [4.78, 5) is 42.2. The summed E-state index contributed by atoms with van der Waals surface area (Å²) in [6, 6.07) is 17.7. The minimum Gasteiger partial charge on any atom is -0.444 e. The SMILES string of the molecule is CCN(C(=O)C(CCSC)NC(=O)OC(C)(C)C)C(C(=O)Nc1ccc2ccccc2c1)c1ccc(C)c(C)c1. The van der Waals surface area contributed by atoms with Crippen molar-refractivity contribution in [2.75, 3.05) is 23.9 Å². The molecule has 0 aromatic heterocycles. The summed E-state index contributed by atoms with van der Waals surface area (Å²) < 4.78 is 5.44. The van der Waals surface area contributed by atoms with Crippen molar-refractivity contribution in [3.05, 3.63) is 77.4 Å². The maximum atomic E-state index is 14.0. The Morgan fingerprint density at radius 2 is 1.65 bits per heavy atom. The van der Waals surface area contributed by atoms with Crippen LogP contribution in [-0.4, -0.2) is 53.0 Å². The van der Waals surface area contributed by atoms with Gasteiger partial charge < -0.3 is 20.3 Å². The summed E-state index contributed by atoms with van der Waals surface area (Å²) in [6.07, 6.45) is 1.69. The Hall–Kier alpha value is -3.52. The number of hydrogen-bond donors (Lipinski definition) is 2. The molecule has 0 aliphatic carbocycles. The molecule has 214 valence electrons. The lowest BCUT2D eigenvalue weighted by Gasteiger charge is -2.34. The lowest BCUT2D eigenvalue weighted by Crippen LogP contribution is -2.52. The van der Waals surface area contributed by atoms with Crippen molar-refractivity contribution in [3.63, 3.8) is 0 Å². The van der Waals surface area contributed by atoms with Gasteiger partial charge in [-0.3, -0.25) is 9.59 Å². The molecule has 3 aromatic rings. The monoisotopic (exact) mass is 563 g/mol. The number of anilines is 1. The summed E-state index contributed by atoms with van der Waals surface area (Å²) in [5.41, 5.74) is 2.76. The van der Waals surface area contributed by atoms with Crippen LogP contribution in [0.15, 0.2) is 60.7 Å². The van der Waals surface area contributed by atoms with Crippen LogP contribution in [0.5, 0.6) is 0 Å². The van der Waals surface area contributed by atoms with Gasteiger partial charge in [0.25, 0.3) is 5.91 Å². The smallest absolute Gasteiger partial charge is 0.408 e. The lowest BCUT2D eigenvalue weighted by atomic mass is 9.98. The zero-order valence-corrected chi connectivity index (χ0v) is 25.4. The molecule has 2 N–H and O–H groups in total. The van der Waals surface area contributed by atoms with Gasteiger partial charge in [0.2, 0.25) is 5.91 Å². The van der Waals surface area contributed by atoms with Crippen LogP contribution in [0, 0.1) is 13.8 Å². The molecule has 40 heavy (non-hydrogen) atoms. The van der Waals surface area contributed by atoms with Gasteiger partial charge in [0.1, 0.15) is 17.7 Å². The minimum absolute atomic E-state index is 0.271. The molecular weight excluding hydrogens is 522 g/mol. The first-order valence-electron chi connectivity index (χ1n) is 13.6. The fourth-order valence-electron chi connectivity index (χ4n) is 4.49. The fraction of sp³-hybridized carbons (Fsp3) is 0.406. The van der Waals surface area contributed by atoms with Gasteiger partial charge in [-0.25, -0.2) is 4.79 Å². The molecule has 3 aromatic carbocycles. The number of alkyl carbamates (subject to hydrolysis) is 1. The Balaban J connectivity index is 1.98. The van der Waals surface area contributed by atoms with Crippen LogP contribution in [0.2, 0.25) is 0 Å². The van der Waals surface area contributed by atoms with Crippen LogP contribution in [0.3, 0.4) is 0 Å². The number of aryl methyl sites for hydroxylation is 2. The predicted octanol–water partition coefficient (Wildman–Crippen LogP) is 6.63. The zero-order chi connectivity index (χ0) is 29.4. The molecule has 0 heterocycles. The van der Waals surface area contributed by atoms with Crippen LogP contribution in [0.1, 0.15) is 56.8 Å². The van der Waals surface area contributed by atoms with Gasteiger partial charge in [-0.2, -0.15) is 11.8 Å². The highest BCUT2D eigenvalue weighted by Crippen LogP contribution is 2.27. The topological polar surface area (TPSA) is 87.7 Å². The van der Waals surface area contributed by atoms with Gasteiger partial charge in [0.15, 0.2) is 0 Å². The van der Waals surface area contributed by atoms with E-state index in [2.05, 4.69) is 10.6 Å². The third-order valence-electron chi connectivity index (χ3n) is 6.65. The second kappa shape index (κ2) is 13.7. The number of nitrogens with one attached hydrogen (secondary N) is 2. The third kappa shape index (κ3) is 8.24. The number of carbonyl (C=O) groups excluding carboxylic acids is 3. The second-order valence-electron chi connectivity index (χ2n) is 10.9. The number of thioether (sulfide) groups is 1. The summed E-state index contributed by atoms with van der Waals surface area (Å²) in [5, 5.41) is 7.88. The quantitative estimate of drug-likeness (QED) is 0.289. The highest BCUT2D eigenvalue weighted by molar-refractivity contribution is 7.98. The van der Waals surface area contributed by atoms with E-state index in [1.807, 2.05) is 87.7 Å². The summed E-state index contributed by atoms with van der Waals surface area (Å²) in [7, 11) is 0. The number of hydrogen-bond acceptors (Lipinski definition) is 5. The predicted molar refractivity (Wildman–Crippen MR) is 165 cm³/mol. The van der Waals surface area contributed by atoms with Crippen molar-refractivity contribution in [2.45, 2.75) is 65.6 Å². The van der Waals surface area contributed by atoms with E-state index in [0.717, 1.165) is 21.9 Å². The van der Waals surface area contributed by atoms with Gasteiger partial charge in [-0.15, -0.1) is 0 Å². The molecule has 2 atom stereocenters. The van der Waals surface area contributed by atoms with E-state index >= 15 is 0 Å². The molecule has 0 saturated heterocycles. The van der Waals surface area contributed by atoms with Crippen LogP contribution >= 0.6 is 11.8 Å². The Bertz CT molecular complexity index is 1350. The maximum absolute atomic E-state index is 14.0. The number of amides is 3. The Morgan fingerprint density at radius 1 is 0.950 bits per heavy atom. The molecule has 7 nitrogen and oxygen atoms in total. The third-order valence-corrected chi connectivity index (χ3v) is 7.29. The first-order valence-corrected chi connectivity index (χ1v) is 15.0. The van der Waals surface area contributed by atoms with Crippen molar-refractivity contribution in [2.24, 2.45) is 0 Å². The van der Waals surface area contributed by atoms with E-state index in [-0.39, 0.29) is 18.4 Å². The molecule has 3 amide bonds.